The van der Waals surface area contributed by atoms with Gasteiger partial charge in [0.2, 0.25) is 0 Å². The lowest BCUT2D eigenvalue weighted by Crippen LogP contribution is -2.57. The molecule has 184 valence electrons. The molecule has 0 bridgehead atoms. The van der Waals surface area contributed by atoms with Crippen molar-refractivity contribution in [3.63, 3.8) is 0 Å². The van der Waals surface area contributed by atoms with E-state index >= 15 is 0 Å². The van der Waals surface area contributed by atoms with Gasteiger partial charge in [-0.15, -0.1) is 0 Å². The zero-order valence-corrected chi connectivity index (χ0v) is 21.4. The Kier molecular flexibility index (Phi) is 15.1. The van der Waals surface area contributed by atoms with Crippen LogP contribution in [0.25, 0.3) is 0 Å². The molecule has 0 spiro atoms. The van der Waals surface area contributed by atoms with Crippen molar-refractivity contribution in [2.75, 3.05) is 26.7 Å². The predicted molar refractivity (Wildman–Crippen MR) is 135 cm³/mol. The van der Waals surface area contributed by atoms with Crippen molar-refractivity contribution in [1.29, 1.82) is 0 Å². The van der Waals surface area contributed by atoms with E-state index in [0.717, 1.165) is 31.5 Å². The molecule has 0 aliphatic heterocycles. The van der Waals surface area contributed by atoms with Gasteiger partial charge in [0.1, 0.15) is 5.75 Å². The number of unbranched alkanes of at least 4 members (excludes halogenated alkanes) is 11. The minimum absolute atomic E-state index is 0.0904. The lowest BCUT2D eigenvalue weighted by molar-refractivity contribution is -0.921. The van der Waals surface area contributed by atoms with E-state index in [2.05, 4.69) is 27.8 Å². The van der Waals surface area contributed by atoms with Gasteiger partial charge in [0.15, 0.2) is 6.04 Å². The normalized spacial score (nSPS) is 12.6. The summed E-state index contributed by atoms with van der Waals surface area (Å²) in [6.45, 7) is 8.82. The van der Waals surface area contributed by atoms with Crippen LogP contribution in [0.3, 0.4) is 0 Å². The van der Waals surface area contributed by atoms with E-state index in [9.17, 15) is 9.90 Å². The van der Waals surface area contributed by atoms with Crippen LogP contribution in [0.1, 0.15) is 103 Å². The molecule has 0 radical (unpaired) electrons. The van der Waals surface area contributed by atoms with Crippen molar-refractivity contribution in [3.8, 4) is 5.75 Å². The van der Waals surface area contributed by atoms with Crippen molar-refractivity contribution in [2.45, 2.75) is 110 Å². The molecular formula is C28H50NO3+. The summed E-state index contributed by atoms with van der Waals surface area (Å²) < 4.78 is 6.40. The molecule has 0 aromatic heterocycles. The van der Waals surface area contributed by atoms with Gasteiger partial charge in [0.05, 0.1) is 26.7 Å². The van der Waals surface area contributed by atoms with E-state index in [1.807, 2.05) is 12.1 Å². The molecule has 0 amide bonds. The molecule has 1 aromatic rings. The van der Waals surface area contributed by atoms with Crippen LogP contribution in [0.4, 0.5) is 0 Å². The maximum absolute atomic E-state index is 13.0. The first-order valence-corrected chi connectivity index (χ1v) is 13.3. The van der Waals surface area contributed by atoms with Crippen LogP contribution in [0.5, 0.6) is 5.75 Å². The maximum atomic E-state index is 13.0. The molecule has 0 saturated carbocycles. The van der Waals surface area contributed by atoms with Gasteiger partial charge in [-0.25, -0.2) is 4.79 Å². The summed E-state index contributed by atoms with van der Waals surface area (Å²) in [6.07, 6.45) is 16.3. The number of benzene rings is 1. The van der Waals surface area contributed by atoms with Gasteiger partial charge in [-0.1, -0.05) is 89.7 Å². The third kappa shape index (κ3) is 11.4. The molecule has 4 heteroatoms. The zero-order valence-electron chi connectivity index (χ0n) is 21.4. The maximum Gasteiger partial charge on any atom is 0.365 e. The van der Waals surface area contributed by atoms with Crippen LogP contribution in [-0.4, -0.2) is 48.3 Å². The standard InChI is InChI=1S/C28H49NO3/c1-5-8-9-10-11-12-13-14-15-16-17-18-23-32-28(31)27(29(4,6-2)7-3)24-25-19-21-26(30)22-20-25/h19-22,27H,5-18,23-24H2,1-4H3/p+1/t27-/m0/s1. The predicted octanol–water partition coefficient (Wildman–Crippen LogP) is 7.03. The topological polar surface area (TPSA) is 46.5 Å². The van der Waals surface area contributed by atoms with Crippen molar-refractivity contribution in [3.05, 3.63) is 29.8 Å². The highest BCUT2D eigenvalue weighted by Gasteiger charge is 2.37. The number of likely N-dealkylation sites (N-methyl/N-ethyl adjacent to an activating group) is 1. The van der Waals surface area contributed by atoms with Crippen molar-refractivity contribution in [1.82, 2.24) is 0 Å². The Hall–Kier alpha value is -1.55. The third-order valence-electron chi connectivity index (χ3n) is 7.08. The van der Waals surface area contributed by atoms with Gasteiger partial charge >= 0.3 is 5.97 Å². The number of ether oxygens (including phenoxy) is 1. The quantitative estimate of drug-likeness (QED) is 0.140. The molecule has 1 aromatic carbocycles. The lowest BCUT2D eigenvalue weighted by atomic mass is 10.0. The Morgan fingerprint density at radius 1 is 0.812 bits per heavy atom. The molecular weight excluding hydrogens is 398 g/mol. The summed E-state index contributed by atoms with van der Waals surface area (Å²) in [5, 5.41) is 9.54. The number of rotatable bonds is 19. The van der Waals surface area contributed by atoms with Gasteiger partial charge in [0, 0.05) is 6.42 Å². The van der Waals surface area contributed by atoms with E-state index < -0.39 is 0 Å². The monoisotopic (exact) mass is 448 g/mol. The Morgan fingerprint density at radius 3 is 1.75 bits per heavy atom. The summed E-state index contributed by atoms with van der Waals surface area (Å²) >= 11 is 0. The minimum Gasteiger partial charge on any atom is -0.508 e. The second-order valence-corrected chi connectivity index (χ2v) is 9.55. The number of quaternary nitrogens is 1. The highest BCUT2D eigenvalue weighted by atomic mass is 16.5. The molecule has 0 fully saturated rings. The smallest absolute Gasteiger partial charge is 0.365 e. The SMILES string of the molecule is CCCCCCCCCCCCCCOC(=O)[C@H](Cc1ccc(O)cc1)[N+](C)(CC)CC. The Bertz CT molecular complexity index is 595. The highest BCUT2D eigenvalue weighted by Crippen LogP contribution is 2.19. The first-order valence-electron chi connectivity index (χ1n) is 13.3. The molecule has 1 atom stereocenters. The lowest BCUT2D eigenvalue weighted by Gasteiger charge is -2.38. The average molecular weight is 449 g/mol. The molecule has 32 heavy (non-hydrogen) atoms. The number of carbonyl (C=O) groups is 1. The van der Waals surface area contributed by atoms with Crippen LogP contribution in [0, 0.1) is 0 Å². The number of esters is 1. The van der Waals surface area contributed by atoms with E-state index in [4.69, 9.17) is 4.74 Å². The molecule has 0 heterocycles. The number of phenols is 1. The van der Waals surface area contributed by atoms with Gasteiger partial charge in [0.25, 0.3) is 0 Å². The largest absolute Gasteiger partial charge is 0.508 e. The number of hydrogen-bond acceptors (Lipinski definition) is 3. The van der Waals surface area contributed by atoms with E-state index in [-0.39, 0.29) is 17.8 Å². The number of hydrogen-bond donors (Lipinski definition) is 1. The van der Waals surface area contributed by atoms with E-state index in [1.165, 1.54) is 64.2 Å². The minimum atomic E-state index is -0.216. The fourth-order valence-electron chi connectivity index (χ4n) is 4.29. The second kappa shape index (κ2) is 17.0. The number of aromatic hydroxyl groups is 1. The van der Waals surface area contributed by atoms with Crippen molar-refractivity contribution in [2.24, 2.45) is 0 Å². The third-order valence-corrected chi connectivity index (χ3v) is 7.08. The summed E-state index contributed by atoms with van der Waals surface area (Å²) in [5.74, 6) is 0.162. The van der Waals surface area contributed by atoms with Gasteiger partial charge < -0.3 is 14.3 Å². The first-order chi connectivity index (χ1) is 15.5. The Balaban J connectivity index is 2.29. The van der Waals surface area contributed by atoms with Crippen molar-refractivity contribution >= 4 is 5.97 Å². The van der Waals surface area contributed by atoms with E-state index in [0.29, 0.717) is 17.5 Å². The van der Waals surface area contributed by atoms with Crippen molar-refractivity contribution < 1.29 is 19.1 Å². The zero-order chi connectivity index (χ0) is 23.7. The molecule has 0 saturated heterocycles. The second-order valence-electron chi connectivity index (χ2n) is 9.55. The number of phenolic OH excluding ortho intramolecular Hbond substituents is 1. The fraction of sp³-hybridized carbons (Fsp3) is 0.750. The molecule has 0 unspecified atom stereocenters. The van der Waals surface area contributed by atoms with E-state index in [1.54, 1.807) is 12.1 Å². The van der Waals surface area contributed by atoms with Gasteiger partial charge in [-0.05, 0) is 38.0 Å². The molecule has 4 nitrogen and oxygen atoms in total. The van der Waals surface area contributed by atoms with Crippen LogP contribution < -0.4 is 0 Å². The van der Waals surface area contributed by atoms with Crippen LogP contribution in [-0.2, 0) is 16.0 Å². The van der Waals surface area contributed by atoms with Gasteiger partial charge in [-0.3, -0.25) is 0 Å². The van der Waals surface area contributed by atoms with Crippen LogP contribution >= 0.6 is 0 Å². The number of nitrogens with zero attached hydrogens (tertiary/aromatic N) is 1. The van der Waals surface area contributed by atoms with Gasteiger partial charge in [-0.2, -0.15) is 0 Å². The molecule has 1 N–H and O–H groups in total. The van der Waals surface area contributed by atoms with Crippen LogP contribution in [0.2, 0.25) is 0 Å². The number of carbonyl (C=O) groups excluding carboxylic acids is 1. The summed E-state index contributed by atoms with van der Waals surface area (Å²) in [4.78, 5) is 13.0. The molecule has 0 aliphatic rings. The van der Waals surface area contributed by atoms with Crippen LogP contribution in [0.15, 0.2) is 24.3 Å². The molecule has 1 rings (SSSR count). The fourth-order valence-corrected chi connectivity index (χ4v) is 4.29. The highest BCUT2D eigenvalue weighted by molar-refractivity contribution is 5.75. The Labute approximate surface area is 197 Å². The molecule has 0 aliphatic carbocycles. The first kappa shape index (κ1) is 28.5. The average Bonchev–Trinajstić information content (AvgIpc) is 2.81. The Morgan fingerprint density at radius 2 is 1.28 bits per heavy atom. The summed E-state index contributed by atoms with van der Waals surface area (Å²) in [5.41, 5.74) is 1.06. The summed E-state index contributed by atoms with van der Waals surface area (Å²) in [6, 6.07) is 6.96. The summed E-state index contributed by atoms with van der Waals surface area (Å²) in [7, 11) is 2.14.